The zero-order chi connectivity index (χ0) is 29.3. The molecule has 0 radical (unpaired) electrons. The van der Waals surface area contributed by atoms with Gasteiger partial charge in [-0.25, -0.2) is 9.69 Å². The predicted octanol–water partition coefficient (Wildman–Crippen LogP) is 7.93. The molecule has 3 aliphatic heterocycles. The van der Waals surface area contributed by atoms with Crippen LogP contribution in [0.25, 0.3) is 43.4 Å². The molecule has 0 atom stereocenters. The van der Waals surface area contributed by atoms with Crippen LogP contribution in [0, 0.1) is 0 Å². The highest BCUT2D eigenvalue weighted by atomic mass is 16.6. The van der Waals surface area contributed by atoms with Crippen LogP contribution in [0.3, 0.4) is 0 Å². The first-order chi connectivity index (χ1) is 21.6. The molecule has 0 aromatic heterocycles. The maximum absolute atomic E-state index is 14.5. The van der Waals surface area contributed by atoms with E-state index in [4.69, 9.17) is 4.74 Å². The van der Waals surface area contributed by atoms with E-state index >= 15 is 0 Å². The van der Waals surface area contributed by atoms with Crippen molar-refractivity contribution in [3.8, 4) is 16.9 Å². The van der Waals surface area contributed by atoms with E-state index in [0.717, 1.165) is 44.0 Å². The lowest BCUT2D eigenvalue weighted by Gasteiger charge is -2.46. The van der Waals surface area contributed by atoms with Crippen molar-refractivity contribution in [3.05, 3.63) is 132 Å². The number of nitrogens with zero attached hydrogens (tertiary/aromatic N) is 1. The highest BCUT2D eigenvalue weighted by Gasteiger charge is 2.50. The Kier molecular flexibility index (Phi) is 4.49. The number of carbonyl (C=O) groups is 1. The van der Waals surface area contributed by atoms with Crippen LogP contribution in [-0.4, -0.2) is 12.8 Å². The van der Waals surface area contributed by atoms with Gasteiger partial charge in [0.15, 0.2) is 5.75 Å². The molecule has 7 aromatic rings. The van der Waals surface area contributed by atoms with Gasteiger partial charge < -0.3 is 4.74 Å². The molecule has 0 saturated heterocycles. The Bertz CT molecular complexity index is 2430. The van der Waals surface area contributed by atoms with Crippen molar-refractivity contribution >= 4 is 72.9 Å². The van der Waals surface area contributed by atoms with Gasteiger partial charge in [0.1, 0.15) is 0 Å². The molecule has 0 fully saturated rings. The Labute approximate surface area is 255 Å². The fraction of sp³-hybridized carbons (Fsp3) is 0.0750. The van der Waals surface area contributed by atoms with E-state index in [0.29, 0.717) is 5.75 Å². The number of ether oxygens (including phenoxy) is 1. The Morgan fingerprint density at radius 1 is 0.614 bits per heavy atom. The maximum atomic E-state index is 14.5. The quantitative estimate of drug-likeness (QED) is 0.150. The molecule has 44 heavy (non-hydrogen) atoms. The largest absolute Gasteiger partial charge is 0.424 e. The lowest BCUT2D eigenvalue weighted by molar-refractivity contribution is 0.210. The third-order valence-corrected chi connectivity index (χ3v) is 10.3. The summed E-state index contributed by atoms with van der Waals surface area (Å²) in [6.07, 6.45) is -0.355. The molecule has 0 unspecified atom stereocenters. The van der Waals surface area contributed by atoms with E-state index in [9.17, 15) is 4.79 Å². The van der Waals surface area contributed by atoms with Crippen molar-refractivity contribution < 1.29 is 9.53 Å². The summed E-state index contributed by atoms with van der Waals surface area (Å²) in [6, 6.07) is 43.0. The average Bonchev–Trinajstić information content (AvgIpc) is 3.06. The molecular formula is C40H26BNO2. The van der Waals surface area contributed by atoms with Crippen LogP contribution in [0.1, 0.15) is 25.0 Å². The second-order valence-electron chi connectivity index (χ2n) is 12.8. The van der Waals surface area contributed by atoms with Crippen molar-refractivity contribution in [2.75, 3.05) is 4.90 Å². The van der Waals surface area contributed by atoms with Gasteiger partial charge in [0.05, 0.1) is 11.1 Å². The van der Waals surface area contributed by atoms with Gasteiger partial charge in [-0.2, -0.15) is 0 Å². The molecule has 0 aliphatic carbocycles. The molecule has 3 nitrogen and oxygen atoms in total. The minimum atomic E-state index is -0.355. The number of amides is 1. The fourth-order valence-corrected chi connectivity index (χ4v) is 8.59. The van der Waals surface area contributed by atoms with Crippen LogP contribution < -0.4 is 26.0 Å². The number of hydrogen-bond acceptors (Lipinski definition) is 2. The van der Waals surface area contributed by atoms with E-state index in [1.807, 2.05) is 23.1 Å². The van der Waals surface area contributed by atoms with Gasteiger partial charge in [-0.05, 0) is 55.2 Å². The molecule has 0 N–H and O–H groups in total. The van der Waals surface area contributed by atoms with Gasteiger partial charge in [-0.15, -0.1) is 0 Å². The van der Waals surface area contributed by atoms with Crippen molar-refractivity contribution in [3.63, 3.8) is 0 Å². The zero-order valence-corrected chi connectivity index (χ0v) is 24.4. The number of rotatable bonds is 1. The monoisotopic (exact) mass is 563 g/mol. The van der Waals surface area contributed by atoms with Crippen LogP contribution in [0.15, 0.2) is 121 Å². The minimum Gasteiger partial charge on any atom is -0.408 e. The molecule has 0 saturated carbocycles. The minimum absolute atomic E-state index is 0.0172. The van der Waals surface area contributed by atoms with Crippen LogP contribution in [0.4, 0.5) is 16.2 Å². The van der Waals surface area contributed by atoms with Gasteiger partial charge in [0.2, 0.25) is 6.71 Å². The summed E-state index contributed by atoms with van der Waals surface area (Å²) < 4.78 is 6.53. The molecule has 7 aromatic carbocycles. The van der Waals surface area contributed by atoms with Crippen LogP contribution in [-0.2, 0) is 5.41 Å². The van der Waals surface area contributed by atoms with Crippen molar-refractivity contribution in [2.24, 2.45) is 0 Å². The van der Waals surface area contributed by atoms with E-state index in [-0.39, 0.29) is 18.2 Å². The van der Waals surface area contributed by atoms with Gasteiger partial charge in [0, 0.05) is 22.1 Å². The SMILES string of the molecule is CC1(C)c2ccccc2B2c3c(cccc31)N1C(=O)Oc3c(-c4ccccc4)c4ccccc4c4c3c1c2c1ccccc14. The summed E-state index contributed by atoms with van der Waals surface area (Å²) in [7, 11) is 0. The number of carbonyl (C=O) groups excluding carboxylic acids is 1. The van der Waals surface area contributed by atoms with Gasteiger partial charge in [-0.3, -0.25) is 0 Å². The second-order valence-corrected chi connectivity index (χ2v) is 12.8. The molecule has 0 bridgehead atoms. The smallest absolute Gasteiger partial charge is 0.408 e. The molecule has 4 heteroatoms. The summed E-state index contributed by atoms with van der Waals surface area (Å²) in [5, 5.41) is 6.74. The standard InChI is InChI=1S/C40H26BNO2/c1-40(2)28-19-10-11-21-30(28)41-35-27-18-9-8-17-26(27)33-25-16-7-6-15-24(25)32(23-13-4-3-5-14-23)38-34(33)37(35)42(39(43)44-38)31-22-12-20-29(40)36(31)41/h3-22H,1-2H3. The summed E-state index contributed by atoms with van der Waals surface area (Å²) in [6.45, 7) is 4.59. The molecular weight excluding hydrogens is 537 g/mol. The van der Waals surface area contributed by atoms with Gasteiger partial charge in [0.25, 0.3) is 0 Å². The second kappa shape index (κ2) is 8.18. The summed E-state index contributed by atoms with van der Waals surface area (Å²) >= 11 is 0. The summed E-state index contributed by atoms with van der Waals surface area (Å²) in [5.74, 6) is 0.650. The van der Waals surface area contributed by atoms with Crippen LogP contribution in [0.5, 0.6) is 5.75 Å². The molecule has 0 spiro atoms. The fourth-order valence-electron chi connectivity index (χ4n) is 8.59. The first-order valence-corrected chi connectivity index (χ1v) is 15.3. The maximum Gasteiger partial charge on any atom is 0.424 e. The van der Waals surface area contributed by atoms with Crippen molar-refractivity contribution in [1.29, 1.82) is 0 Å². The highest BCUT2D eigenvalue weighted by molar-refractivity contribution is 7.00. The normalized spacial score (nSPS) is 15.4. The molecule has 10 rings (SSSR count). The number of anilines is 2. The Balaban J connectivity index is 1.49. The van der Waals surface area contributed by atoms with Crippen molar-refractivity contribution in [1.82, 2.24) is 0 Å². The average molecular weight is 563 g/mol. The number of benzene rings is 7. The third kappa shape index (κ3) is 2.77. The third-order valence-electron chi connectivity index (χ3n) is 10.3. The Morgan fingerprint density at radius 2 is 1.25 bits per heavy atom. The summed E-state index contributed by atoms with van der Waals surface area (Å²) in [5.41, 5.74) is 9.95. The predicted molar refractivity (Wildman–Crippen MR) is 182 cm³/mol. The lowest BCUT2D eigenvalue weighted by atomic mass is 9.29. The van der Waals surface area contributed by atoms with E-state index < -0.39 is 0 Å². The molecule has 206 valence electrons. The summed E-state index contributed by atoms with van der Waals surface area (Å²) in [4.78, 5) is 16.3. The van der Waals surface area contributed by atoms with Gasteiger partial charge >= 0.3 is 6.09 Å². The lowest BCUT2D eigenvalue weighted by Crippen LogP contribution is -2.65. The first-order valence-electron chi connectivity index (χ1n) is 15.3. The number of fused-ring (bicyclic) bond motifs is 9. The molecule has 3 heterocycles. The topological polar surface area (TPSA) is 29.5 Å². The highest BCUT2D eigenvalue weighted by Crippen LogP contribution is 2.54. The molecule has 1 amide bonds. The van der Waals surface area contributed by atoms with Crippen LogP contribution in [0.2, 0.25) is 0 Å². The van der Waals surface area contributed by atoms with Crippen molar-refractivity contribution in [2.45, 2.75) is 19.3 Å². The first kappa shape index (κ1) is 24.1. The van der Waals surface area contributed by atoms with E-state index in [1.54, 1.807) is 0 Å². The van der Waals surface area contributed by atoms with E-state index in [1.165, 1.54) is 38.3 Å². The Hall–Kier alpha value is -5.35. The molecule has 3 aliphatic rings. The van der Waals surface area contributed by atoms with E-state index in [2.05, 4.69) is 117 Å². The number of hydrogen-bond donors (Lipinski definition) is 0. The Morgan fingerprint density at radius 3 is 2.05 bits per heavy atom. The van der Waals surface area contributed by atoms with Gasteiger partial charge in [-0.1, -0.05) is 135 Å². The van der Waals surface area contributed by atoms with Crippen LogP contribution >= 0.6 is 0 Å². The zero-order valence-electron chi connectivity index (χ0n) is 24.4.